The van der Waals surface area contributed by atoms with Crippen molar-refractivity contribution in [3.8, 4) is 0 Å². The molecule has 2 N–H and O–H groups in total. The molecule has 1 aromatic heterocycles. The van der Waals surface area contributed by atoms with Gasteiger partial charge in [-0.3, -0.25) is 4.79 Å². The number of thiophene rings is 1. The van der Waals surface area contributed by atoms with Gasteiger partial charge in [-0.25, -0.2) is 0 Å². The van der Waals surface area contributed by atoms with Crippen molar-refractivity contribution >= 4 is 17.2 Å². The van der Waals surface area contributed by atoms with E-state index in [4.69, 9.17) is 0 Å². The molecule has 0 spiro atoms. The van der Waals surface area contributed by atoms with Gasteiger partial charge in [-0.2, -0.15) is 0 Å². The first-order valence-electron chi connectivity index (χ1n) is 5.31. The standard InChI is InChI=1S/C11H16N2OS/c1-8-5-9(7-12-6-8)13-11(14)10-3-2-4-15-10/h2-4,8-9,12H,5-7H2,1H3,(H,13,14). The number of amides is 1. The second kappa shape index (κ2) is 4.77. The highest BCUT2D eigenvalue weighted by molar-refractivity contribution is 7.12. The third-order valence-electron chi connectivity index (χ3n) is 2.65. The molecule has 1 aromatic rings. The Morgan fingerprint density at radius 1 is 1.60 bits per heavy atom. The van der Waals surface area contributed by atoms with E-state index < -0.39 is 0 Å². The number of carbonyl (C=O) groups excluding carboxylic acids is 1. The molecule has 2 heterocycles. The van der Waals surface area contributed by atoms with E-state index in [9.17, 15) is 4.79 Å². The van der Waals surface area contributed by atoms with Crippen LogP contribution in [0.2, 0.25) is 0 Å². The molecule has 1 fully saturated rings. The molecule has 0 saturated carbocycles. The lowest BCUT2D eigenvalue weighted by atomic mass is 9.98. The summed E-state index contributed by atoms with van der Waals surface area (Å²) < 4.78 is 0. The van der Waals surface area contributed by atoms with Gasteiger partial charge >= 0.3 is 0 Å². The molecule has 0 radical (unpaired) electrons. The maximum atomic E-state index is 11.8. The predicted molar refractivity (Wildman–Crippen MR) is 62.2 cm³/mol. The Morgan fingerprint density at radius 2 is 2.47 bits per heavy atom. The van der Waals surface area contributed by atoms with Gasteiger partial charge in [0.15, 0.2) is 0 Å². The number of rotatable bonds is 2. The molecule has 2 unspecified atom stereocenters. The quantitative estimate of drug-likeness (QED) is 0.799. The molecule has 82 valence electrons. The molecule has 1 amide bonds. The van der Waals surface area contributed by atoms with E-state index in [1.807, 2.05) is 17.5 Å². The van der Waals surface area contributed by atoms with Crippen LogP contribution in [-0.4, -0.2) is 25.0 Å². The van der Waals surface area contributed by atoms with E-state index in [0.29, 0.717) is 5.92 Å². The zero-order valence-electron chi connectivity index (χ0n) is 8.82. The van der Waals surface area contributed by atoms with Gasteiger partial charge in [-0.05, 0) is 30.3 Å². The summed E-state index contributed by atoms with van der Waals surface area (Å²) >= 11 is 1.49. The second-order valence-corrected chi connectivity index (χ2v) is 5.09. The van der Waals surface area contributed by atoms with Gasteiger partial charge in [-0.1, -0.05) is 13.0 Å². The van der Waals surface area contributed by atoms with Crippen LogP contribution >= 0.6 is 11.3 Å². The molecular formula is C11H16N2OS. The van der Waals surface area contributed by atoms with Crippen LogP contribution < -0.4 is 10.6 Å². The van der Waals surface area contributed by atoms with Crippen molar-refractivity contribution in [2.24, 2.45) is 5.92 Å². The van der Waals surface area contributed by atoms with E-state index in [0.717, 1.165) is 24.4 Å². The molecule has 4 heteroatoms. The minimum Gasteiger partial charge on any atom is -0.347 e. The summed E-state index contributed by atoms with van der Waals surface area (Å²) in [6.07, 6.45) is 1.07. The lowest BCUT2D eigenvalue weighted by Gasteiger charge is -2.28. The monoisotopic (exact) mass is 224 g/mol. The summed E-state index contributed by atoms with van der Waals surface area (Å²) in [5, 5.41) is 8.31. The molecule has 3 nitrogen and oxygen atoms in total. The molecule has 1 aliphatic rings. The molecule has 1 aliphatic heterocycles. The summed E-state index contributed by atoms with van der Waals surface area (Å²) in [4.78, 5) is 12.6. The zero-order chi connectivity index (χ0) is 10.7. The highest BCUT2D eigenvalue weighted by Gasteiger charge is 2.20. The van der Waals surface area contributed by atoms with Crippen LogP contribution in [0.25, 0.3) is 0 Å². The smallest absolute Gasteiger partial charge is 0.261 e. The Kier molecular flexibility index (Phi) is 3.38. The largest absolute Gasteiger partial charge is 0.347 e. The molecule has 0 bridgehead atoms. The third kappa shape index (κ3) is 2.79. The number of nitrogens with one attached hydrogen (secondary N) is 2. The van der Waals surface area contributed by atoms with Gasteiger partial charge in [0, 0.05) is 12.6 Å². The van der Waals surface area contributed by atoms with Crippen molar-refractivity contribution in [1.82, 2.24) is 10.6 Å². The first kappa shape index (κ1) is 10.6. The second-order valence-electron chi connectivity index (χ2n) is 4.15. The van der Waals surface area contributed by atoms with Gasteiger partial charge in [0.1, 0.15) is 0 Å². The highest BCUT2D eigenvalue weighted by Crippen LogP contribution is 2.12. The van der Waals surface area contributed by atoms with Crippen molar-refractivity contribution in [1.29, 1.82) is 0 Å². The molecule has 15 heavy (non-hydrogen) atoms. The van der Waals surface area contributed by atoms with Gasteiger partial charge < -0.3 is 10.6 Å². The molecular weight excluding hydrogens is 208 g/mol. The molecule has 0 aliphatic carbocycles. The zero-order valence-corrected chi connectivity index (χ0v) is 9.64. The average molecular weight is 224 g/mol. The van der Waals surface area contributed by atoms with E-state index >= 15 is 0 Å². The van der Waals surface area contributed by atoms with Crippen molar-refractivity contribution in [2.45, 2.75) is 19.4 Å². The Labute approximate surface area is 93.9 Å². The van der Waals surface area contributed by atoms with Crippen LogP contribution in [0.15, 0.2) is 17.5 Å². The Bertz CT molecular complexity index is 323. The van der Waals surface area contributed by atoms with Crippen LogP contribution in [-0.2, 0) is 0 Å². The maximum absolute atomic E-state index is 11.8. The number of hydrogen-bond acceptors (Lipinski definition) is 3. The molecule has 2 atom stereocenters. The van der Waals surface area contributed by atoms with Gasteiger partial charge in [0.2, 0.25) is 0 Å². The fraction of sp³-hybridized carbons (Fsp3) is 0.545. The fourth-order valence-corrected chi connectivity index (χ4v) is 2.56. The van der Waals surface area contributed by atoms with Crippen molar-refractivity contribution in [2.75, 3.05) is 13.1 Å². The summed E-state index contributed by atoms with van der Waals surface area (Å²) in [5.41, 5.74) is 0. The number of piperidine rings is 1. The van der Waals surface area contributed by atoms with Crippen LogP contribution in [0, 0.1) is 5.92 Å². The van der Waals surface area contributed by atoms with E-state index in [-0.39, 0.29) is 11.9 Å². The Hall–Kier alpha value is -0.870. The van der Waals surface area contributed by atoms with Gasteiger partial charge in [0.05, 0.1) is 4.88 Å². The van der Waals surface area contributed by atoms with E-state index in [1.165, 1.54) is 11.3 Å². The molecule has 1 saturated heterocycles. The van der Waals surface area contributed by atoms with Crippen LogP contribution in [0.4, 0.5) is 0 Å². The predicted octanol–water partition coefficient (Wildman–Crippen LogP) is 1.48. The fourth-order valence-electron chi connectivity index (χ4n) is 1.93. The first-order valence-corrected chi connectivity index (χ1v) is 6.19. The lowest BCUT2D eigenvalue weighted by molar-refractivity contribution is 0.0929. The molecule has 0 aromatic carbocycles. The lowest BCUT2D eigenvalue weighted by Crippen LogP contribution is -2.48. The first-order chi connectivity index (χ1) is 7.25. The summed E-state index contributed by atoms with van der Waals surface area (Å²) in [6, 6.07) is 4.05. The normalized spacial score (nSPS) is 26.2. The van der Waals surface area contributed by atoms with Gasteiger partial charge in [0.25, 0.3) is 5.91 Å². The van der Waals surface area contributed by atoms with Crippen molar-refractivity contribution in [3.63, 3.8) is 0 Å². The minimum absolute atomic E-state index is 0.0610. The Balaban J connectivity index is 1.89. The number of hydrogen-bond donors (Lipinski definition) is 2. The SMILES string of the molecule is CC1CNCC(NC(=O)c2cccs2)C1. The minimum atomic E-state index is 0.0610. The van der Waals surface area contributed by atoms with Crippen LogP contribution in [0.5, 0.6) is 0 Å². The summed E-state index contributed by atoms with van der Waals surface area (Å²) in [5.74, 6) is 0.707. The van der Waals surface area contributed by atoms with Gasteiger partial charge in [-0.15, -0.1) is 11.3 Å². The van der Waals surface area contributed by atoms with Crippen molar-refractivity contribution < 1.29 is 4.79 Å². The summed E-state index contributed by atoms with van der Waals surface area (Å²) in [7, 11) is 0. The Morgan fingerprint density at radius 3 is 3.13 bits per heavy atom. The third-order valence-corrected chi connectivity index (χ3v) is 3.52. The highest BCUT2D eigenvalue weighted by atomic mass is 32.1. The molecule has 2 rings (SSSR count). The summed E-state index contributed by atoms with van der Waals surface area (Å²) in [6.45, 7) is 4.16. The van der Waals surface area contributed by atoms with E-state index in [2.05, 4.69) is 17.6 Å². The maximum Gasteiger partial charge on any atom is 0.261 e. The van der Waals surface area contributed by atoms with Crippen molar-refractivity contribution in [3.05, 3.63) is 22.4 Å². The number of carbonyl (C=O) groups is 1. The van der Waals surface area contributed by atoms with E-state index in [1.54, 1.807) is 0 Å². The van der Waals surface area contributed by atoms with Crippen LogP contribution in [0.1, 0.15) is 23.0 Å². The topological polar surface area (TPSA) is 41.1 Å². The van der Waals surface area contributed by atoms with Crippen LogP contribution in [0.3, 0.4) is 0 Å². The average Bonchev–Trinajstić information content (AvgIpc) is 2.70.